The minimum atomic E-state index is 0.532. The van der Waals surface area contributed by atoms with Crippen molar-refractivity contribution in [2.24, 2.45) is 17.8 Å². The van der Waals surface area contributed by atoms with Crippen LogP contribution in [0.4, 0.5) is 0 Å². The number of benzene rings is 1. The van der Waals surface area contributed by atoms with E-state index in [1.807, 2.05) is 0 Å². The molecule has 1 saturated carbocycles. The SMILES string of the molecule is CNC(c1cccc(CC(C)C)c1)C1CCCC1C. The molecule has 0 radical (unpaired) electrons. The summed E-state index contributed by atoms with van der Waals surface area (Å²) in [5, 5.41) is 3.57. The first kappa shape index (κ1) is 14.6. The third-order valence-electron chi connectivity index (χ3n) is 4.62. The Kier molecular flexibility index (Phi) is 5.04. The van der Waals surface area contributed by atoms with E-state index < -0.39 is 0 Å². The van der Waals surface area contributed by atoms with Gasteiger partial charge in [-0.3, -0.25) is 0 Å². The third kappa shape index (κ3) is 3.60. The Balaban J connectivity index is 2.18. The molecule has 0 aromatic heterocycles. The van der Waals surface area contributed by atoms with Gasteiger partial charge in [-0.25, -0.2) is 0 Å². The maximum atomic E-state index is 3.57. The molecule has 1 aliphatic carbocycles. The summed E-state index contributed by atoms with van der Waals surface area (Å²) in [5.74, 6) is 2.39. The minimum absolute atomic E-state index is 0.532. The summed E-state index contributed by atoms with van der Waals surface area (Å²) in [6.45, 7) is 7.00. The van der Waals surface area contributed by atoms with Crippen molar-refractivity contribution in [2.75, 3.05) is 7.05 Å². The Bertz CT molecular complexity index is 396. The van der Waals surface area contributed by atoms with Crippen molar-refractivity contribution in [1.29, 1.82) is 0 Å². The highest BCUT2D eigenvalue weighted by molar-refractivity contribution is 5.27. The summed E-state index contributed by atoms with van der Waals surface area (Å²) >= 11 is 0. The van der Waals surface area contributed by atoms with E-state index >= 15 is 0 Å². The van der Waals surface area contributed by atoms with E-state index in [4.69, 9.17) is 0 Å². The Morgan fingerprint density at radius 3 is 2.63 bits per heavy atom. The second-order valence-electron chi connectivity index (χ2n) is 6.68. The van der Waals surface area contributed by atoms with Crippen LogP contribution in [0.15, 0.2) is 24.3 Å². The minimum Gasteiger partial charge on any atom is -0.313 e. The first-order valence-corrected chi connectivity index (χ1v) is 7.88. The van der Waals surface area contributed by atoms with Gasteiger partial charge in [-0.15, -0.1) is 0 Å². The molecule has 0 spiro atoms. The summed E-state index contributed by atoms with van der Waals surface area (Å²) < 4.78 is 0. The number of nitrogens with one attached hydrogen (secondary N) is 1. The zero-order valence-electron chi connectivity index (χ0n) is 12.9. The van der Waals surface area contributed by atoms with E-state index in [0.717, 1.165) is 17.8 Å². The number of rotatable bonds is 5. The molecule has 1 nitrogen and oxygen atoms in total. The highest BCUT2D eigenvalue weighted by Gasteiger charge is 2.30. The largest absolute Gasteiger partial charge is 0.313 e. The molecule has 106 valence electrons. The van der Waals surface area contributed by atoms with Crippen molar-refractivity contribution in [3.8, 4) is 0 Å². The van der Waals surface area contributed by atoms with E-state index in [-0.39, 0.29) is 0 Å². The fraction of sp³-hybridized carbons (Fsp3) is 0.667. The maximum Gasteiger partial charge on any atom is 0.0348 e. The van der Waals surface area contributed by atoms with E-state index in [0.29, 0.717) is 6.04 Å². The zero-order chi connectivity index (χ0) is 13.8. The van der Waals surface area contributed by atoms with Crippen LogP contribution in [0.3, 0.4) is 0 Å². The van der Waals surface area contributed by atoms with E-state index in [1.54, 1.807) is 0 Å². The van der Waals surface area contributed by atoms with Gasteiger partial charge in [0.05, 0.1) is 0 Å². The van der Waals surface area contributed by atoms with Gasteiger partial charge in [0.2, 0.25) is 0 Å². The highest BCUT2D eigenvalue weighted by atomic mass is 14.9. The maximum absolute atomic E-state index is 3.57. The molecule has 19 heavy (non-hydrogen) atoms. The third-order valence-corrected chi connectivity index (χ3v) is 4.62. The fourth-order valence-corrected chi connectivity index (χ4v) is 3.68. The lowest BCUT2D eigenvalue weighted by Gasteiger charge is -2.27. The summed E-state index contributed by atoms with van der Waals surface area (Å²) in [6, 6.07) is 9.76. The van der Waals surface area contributed by atoms with E-state index in [9.17, 15) is 0 Å². The van der Waals surface area contributed by atoms with Gasteiger partial charge in [0.15, 0.2) is 0 Å². The Morgan fingerprint density at radius 2 is 2.05 bits per heavy atom. The summed E-state index contributed by atoms with van der Waals surface area (Å²) in [7, 11) is 2.12. The van der Waals surface area contributed by atoms with Gasteiger partial charge in [-0.05, 0) is 48.8 Å². The number of hydrogen-bond acceptors (Lipinski definition) is 1. The molecule has 1 heteroatoms. The van der Waals surface area contributed by atoms with Crippen LogP contribution in [-0.2, 0) is 6.42 Å². The van der Waals surface area contributed by atoms with Gasteiger partial charge in [0, 0.05) is 6.04 Å². The van der Waals surface area contributed by atoms with Crippen molar-refractivity contribution in [3.05, 3.63) is 35.4 Å². The highest BCUT2D eigenvalue weighted by Crippen LogP contribution is 2.40. The second kappa shape index (κ2) is 6.56. The van der Waals surface area contributed by atoms with Crippen LogP contribution in [-0.4, -0.2) is 7.05 Å². The quantitative estimate of drug-likeness (QED) is 0.816. The molecule has 1 aliphatic rings. The van der Waals surface area contributed by atoms with Gasteiger partial charge < -0.3 is 5.32 Å². The van der Waals surface area contributed by atoms with Gasteiger partial charge >= 0.3 is 0 Å². The van der Waals surface area contributed by atoms with Crippen molar-refractivity contribution in [2.45, 2.75) is 52.5 Å². The van der Waals surface area contributed by atoms with Crippen LogP contribution in [0.2, 0.25) is 0 Å². The summed E-state index contributed by atoms with van der Waals surface area (Å²) in [6.07, 6.45) is 5.36. The van der Waals surface area contributed by atoms with Crippen LogP contribution in [0.5, 0.6) is 0 Å². The first-order valence-electron chi connectivity index (χ1n) is 7.88. The van der Waals surface area contributed by atoms with Crippen molar-refractivity contribution in [1.82, 2.24) is 5.32 Å². The Labute approximate surface area is 118 Å². The van der Waals surface area contributed by atoms with Crippen LogP contribution in [0.25, 0.3) is 0 Å². The van der Waals surface area contributed by atoms with Crippen LogP contribution in [0, 0.1) is 17.8 Å². The van der Waals surface area contributed by atoms with E-state index in [1.165, 1.54) is 36.8 Å². The number of hydrogen-bond donors (Lipinski definition) is 1. The topological polar surface area (TPSA) is 12.0 Å². The molecule has 0 saturated heterocycles. The van der Waals surface area contributed by atoms with Crippen LogP contribution < -0.4 is 5.32 Å². The molecule has 1 fully saturated rings. The molecule has 1 N–H and O–H groups in total. The normalized spacial score (nSPS) is 24.9. The smallest absolute Gasteiger partial charge is 0.0348 e. The molecule has 0 aliphatic heterocycles. The molecule has 0 bridgehead atoms. The van der Waals surface area contributed by atoms with Gasteiger partial charge in [-0.2, -0.15) is 0 Å². The second-order valence-corrected chi connectivity index (χ2v) is 6.68. The Hall–Kier alpha value is -0.820. The monoisotopic (exact) mass is 259 g/mol. The first-order chi connectivity index (χ1) is 9.11. The van der Waals surface area contributed by atoms with E-state index in [2.05, 4.69) is 57.4 Å². The lowest BCUT2D eigenvalue weighted by molar-refractivity contribution is 0.315. The molecule has 0 heterocycles. The molecule has 3 atom stereocenters. The molecular formula is C18H29N. The lowest BCUT2D eigenvalue weighted by Crippen LogP contribution is -2.27. The molecule has 0 amide bonds. The van der Waals surface area contributed by atoms with Crippen LogP contribution in [0.1, 0.15) is 57.2 Å². The van der Waals surface area contributed by atoms with Gasteiger partial charge in [0.1, 0.15) is 0 Å². The summed E-state index contributed by atoms with van der Waals surface area (Å²) in [4.78, 5) is 0. The predicted octanol–water partition coefficient (Wildman–Crippen LogP) is 4.58. The average molecular weight is 259 g/mol. The van der Waals surface area contributed by atoms with Gasteiger partial charge in [-0.1, -0.05) is 57.9 Å². The van der Waals surface area contributed by atoms with Crippen molar-refractivity contribution < 1.29 is 0 Å². The fourth-order valence-electron chi connectivity index (χ4n) is 3.68. The molecule has 3 unspecified atom stereocenters. The summed E-state index contributed by atoms with van der Waals surface area (Å²) in [5.41, 5.74) is 2.97. The van der Waals surface area contributed by atoms with Gasteiger partial charge in [0.25, 0.3) is 0 Å². The molecular weight excluding hydrogens is 230 g/mol. The molecule has 2 rings (SSSR count). The van der Waals surface area contributed by atoms with Crippen molar-refractivity contribution >= 4 is 0 Å². The zero-order valence-corrected chi connectivity index (χ0v) is 12.9. The lowest BCUT2D eigenvalue weighted by atomic mass is 9.85. The molecule has 1 aromatic rings. The predicted molar refractivity (Wildman–Crippen MR) is 83.3 cm³/mol. The Morgan fingerprint density at radius 1 is 1.26 bits per heavy atom. The van der Waals surface area contributed by atoms with Crippen molar-refractivity contribution in [3.63, 3.8) is 0 Å². The molecule has 1 aromatic carbocycles. The standard InChI is InChI=1S/C18H29N/c1-13(2)11-15-8-6-9-16(12-15)18(19-4)17-10-5-7-14(17)3/h6,8-9,12-14,17-19H,5,7,10-11H2,1-4H3. The van der Waals surface area contributed by atoms with Crippen LogP contribution >= 0.6 is 0 Å². The average Bonchev–Trinajstić information content (AvgIpc) is 2.77.